The fourth-order valence-corrected chi connectivity index (χ4v) is 1.89. The van der Waals surface area contributed by atoms with Gasteiger partial charge in [-0.2, -0.15) is 0 Å². The van der Waals surface area contributed by atoms with Gasteiger partial charge in [-0.3, -0.25) is 0 Å². The summed E-state index contributed by atoms with van der Waals surface area (Å²) in [6.07, 6.45) is 0. The first kappa shape index (κ1) is 15.0. The van der Waals surface area contributed by atoms with E-state index in [4.69, 9.17) is 4.74 Å². The van der Waals surface area contributed by atoms with Gasteiger partial charge < -0.3 is 10.1 Å². The van der Waals surface area contributed by atoms with E-state index >= 15 is 0 Å². The molecule has 0 aromatic heterocycles. The molecule has 0 radical (unpaired) electrons. The van der Waals surface area contributed by atoms with E-state index in [0.717, 1.165) is 18.2 Å². The molecular formula is C16H15F2NO2. The zero-order valence-corrected chi connectivity index (χ0v) is 11.5. The summed E-state index contributed by atoms with van der Waals surface area (Å²) in [7, 11) is 0. The summed E-state index contributed by atoms with van der Waals surface area (Å²) in [6.45, 7) is 2.06. The second-order valence-electron chi connectivity index (χ2n) is 4.36. The van der Waals surface area contributed by atoms with E-state index in [9.17, 15) is 13.6 Å². The monoisotopic (exact) mass is 291 g/mol. The first-order chi connectivity index (χ1) is 10.1. The normalized spacial score (nSPS) is 10.2. The lowest BCUT2D eigenvalue weighted by atomic mass is 10.1. The van der Waals surface area contributed by atoms with Gasteiger partial charge >= 0.3 is 5.97 Å². The predicted molar refractivity (Wildman–Crippen MR) is 76.1 cm³/mol. The number of halogens is 2. The lowest BCUT2D eigenvalue weighted by molar-refractivity contribution is 0.0527. The molecule has 0 aliphatic heterocycles. The number of anilines is 1. The molecule has 110 valence electrons. The maximum atomic E-state index is 13.6. The molecule has 0 saturated carbocycles. The highest BCUT2D eigenvalue weighted by Crippen LogP contribution is 2.18. The second-order valence-corrected chi connectivity index (χ2v) is 4.36. The highest BCUT2D eigenvalue weighted by atomic mass is 19.1. The van der Waals surface area contributed by atoms with Crippen LogP contribution in [0.1, 0.15) is 22.8 Å². The van der Waals surface area contributed by atoms with Gasteiger partial charge in [0.1, 0.15) is 11.6 Å². The van der Waals surface area contributed by atoms with Crippen molar-refractivity contribution in [2.24, 2.45) is 0 Å². The summed E-state index contributed by atoms with van der Waals surface area (Å²) in [6, 6.07) is 10.0. The van der Waals surface area contributed by atoms with E-state index < -0.39 is 17.6 Å². The van der Waals surface area contributed by atoms with Crippen LogP contribution in [0.2, 0.25) is 0 Å². The standard InChI is InChI=1S/C16H15F2NO2/c1-2-21-16(20)13-5-3-4-6-15(13)19-10-11-9-12(17)7-8-14(11)18/h3-9,19H,2,10H2,1H3. The van der Waals surface area contributed by atoms with Crippen molar-refractivity contribution < 1.29 is 18.3 Å². The Hall–Kier alpha value is -2.43. The topological polar surface area (TPSA) is 38.3 Å². The minimum absolute atomic E-state index is 0.0695. The van der Waals surface area contributed by atoms with Crippen molar-refractivity contribution in [2.45, 2.75) is 13.5 Å². The van der Waals surface area contributed by atoms with Gasteiger partial charge in [-0.15, -0.1) is 0 Å². The van der Waals surface area contributed by atoms with Crippen molar-refractivity contribution in [3.8, 4) is 0 Å². The quantitative estimate of drug-likeness (QED) is 0.853. The number of benzene rings is 2. The third-order valence-corrected chi connectivity index (χ3v) is 2.90. The third kappa shape index (κ3) is 3.78. The Morgan fingerprint density at radius 1 is 1.19 bits per heavy atom. The second kappa shape index (κ2) is 6.83. The minimum atomic E-state index is -0.508. The average Bonchev–Trinajstić information content (AvgIpc) is 2.49. The molecule has 0 fully saturated rings. The highest BCUT2D eigenvalue weighted by Gasteiger charge is 2.12. The smallest absolute Gasteiger partial charge is 0.340 e. The summed E-state index contributed by atoms with van der Waals surface area (Å²) < 4.78 is 31.6. The summed E-state index contributed by atoms with van der Waals surface area (Å²) in [5.74, 6) is -1.47. The summed E-state index contributed by atoms with van der Waals surface area (Å²) in [4.78, 5) is 11.8. The first-order valence-electron chi connectivity index (χ1n) is 6.55. The lowest BCUT2D eigenvalue weighted by Crippen LogP contribution is -2.10. The zero-order chi connectivity index (χ0) is 15.2. The first-order valence-corrected chi connectivity index (χ1v) is 6.55. The molecule has 0 bridgehead atoms. The molecule has 0 aliphatic rings. The average molecular weight is 291 g/mol. The number of hydrogen-bond acceptors (Lipinski definition) is 3. The molecular weight excluding hydrogens is 276 g/mol. The van der Waals surface area contributed by atoms with Crippen LogP contribution in [0.15, 0.2) is 42.5 Å². The van der Waals surface area contributed by atoms with Crippen molar-refractivity contribution in [1.82, 2.24) is 0 Å². The Labute approximate surface area is 121 Å². The van der Waals surface area contributed by atoms with Gasteiger partial charge in [0.2, 0.25) is 0 Å². The minimum Gasteiger partial charge on any atom is -0.462 e. The van der Waals surface area contributed by atoms with E-state index in [1.54, 1.807) is 31.2 Å². The molecule has 2 aromatic carbocycles. The van der Waals surface area contributed by atoms with Crippen LogP contribution >= 0.6 is 0 Å². The summed E-state index contributed by atoms with van der Waals surface area (Å²) in [5, 5.41) is 2.93. The van der Waals surface area contributed by atoms with E-state index in [1.807, 2.05) is 0 Å². The maximum Gasteiger partial charge on any atom is 0.340 e. The fourth-order valence-electron chi connectivity index (χ4n) is 1.89. The number of esters is 1. The van der Waals surface area contributed by atoms with E-state index in [-0.39, 0.29) is 18.7 Å². The number of para-hydroxylation sites is 1. The molecule has 2 rings (SSSR count). The Bertz CT molecular complexity index is 644. The molecule has 0 saturated heterocycles. The molecule has 0 aliphatic carbocycles. The molecule has 5 heteroatoms. The van der Waals surface area contributed by atoms with Crippen molar-refractivity contribution >= 4 is 11.7 Å². The van der Waals surface area contributed by atoms with Gasteiger partial charge in [0, 0.05) is 17.8 Å². The number of hydrogen-bond donors (Lipinski definition) is 1. The van der Waals surface area contributed by atoms with E-state index in [1.165, 1.54) is 0 Å². The summed E-state index contributed by atoms with van der Waals surface area (Å²) >= 11 is 0. The van der Waals surface area contributed by atoms with Crippen LogP contribution in [0.25, 0.3) is 0 Å². The van der Waals surface area contributed by atoms with E-state index in [0.29, 0.717) is 11.3 Å². The van der Waals surface area contributed by atoms with Gasteiger partial charge in [0.25, 0.3) is 0 Å². The number of carbonyl (C=O) groups is 1. The molecule has 0 spiro atoms. The Balaban J connectivity index is 2.16. The van der Waals surface area contributed by atoms with Crippen LogP contribution in [0.5, 0.6) is 0 Å². The molecule has 0 amide bonds. The molecule has 2 aromatic rings. The Kier molecular flexibility index (Phi) is 4.87. The van der Waals surface area contributed by atoms with Crippen molar-refractivity contribution in [3.05, 3.63) is 65.2 Å². The molecule has 1 N–H and O–H groups in total. The number of ether oxygens (including phenoxy) is 1. The van der Waals surface area contributed by atoms with Crippen molar-refractivity contribution in [2.75, 3.05) is 11.9 Å². The lowest BCUT2D eigenvalue weighted by Gasteiger charge is -2.11. The van der Waals surface area contributed by atoms with Crippen molar-refractivity contribution in [1.29, 1.82) is 0 Å². The summed E-state index contributed by atoms with van der Waals surface area (Å²) in [5.41, 5.74) is 1.06. The highest BCUT2D eigenvalue weighted by molar-refractivity contribution is 5.95. The largest absolute Gasteiger partial charge is 0.462 e. The predicted octanol–water partition coefficient (Wildman–Crippen LogP) is 3.75. The Morgan fingerprint density at radius 3 is 2.71 bits per heavy atom. The number of rotatable bonds is 5. The Morgan fingerprint density at radius 2 is 1.95 bits per heavy atom. The van der Waals surface area contributed by atoms with Crippen LogP contribution in [0, 0.1) is 11.6 Å². The number of carbonyl (C=O) groups excluding carboxylic acids is 1. The molecule has 21 heavy (non-hydrogen) atoms. The number of nitrogens with one attached hydrogen (secondary N) is 1. The van der Waals surface area contributed by atoms with Crippen LogP contribution in [-0.4, -0.2) is 12.6 Å². The van der Waals surface area contributed by atoms with Crippen LogP contribution in [-0.2, 0) is 11.3 Å². The molecule has 0 atom stereocenters. The molecule has 0 heterocycles. The van der Waals surface area contributed by atoms with Crippen LogP contribution in [0.4, 0.5) is 14.5 Å². The molecule has 0 unspecified atom stereocenters. The molecule has 3 nitrogen and oxygen atoms in total. The van der Waals surface area contributed by atoms with Crippen LogP contribution < -0.4 is 5.32 Å². The zero-order valence-electron chi connectivity index (χ0n) is 11.5. The SMILES string of the molecule is CCOC(=O)c1ccccc1NCc1cc(F)ccc1F. The third-order valence-electron chi connectivity index (χ3n) is 2.90. The van der Waals surface area contributed by atoms with E-state index in [2.05, 4.69) is 5.32 Å². The van der Waals surface area contributed by atoms with Gasteiger partial charge in [-0.1, -0.05) is 12.1 Å². The van der Waals surface area contributed by atoms with Gasteiger partial charge in [-0.05, 0) is 37.3 Å². The maximum absolute atomic E-state index is 13.6. The van der Waals surface area contributed by atoms with Crippen LogP contribution in [0.3, 0.4) is 0 Å². The van der Waals surface area contributed by atoms with Crippen molar-refractivity contribution in [3.63, 3.8) is 0 Å². The van der Waals surface area contributed by atoms with Gasteiger partial charge in [0.05, 0.1) is 12.2 Å². The fraction of sp³-hybridized carbons (Fsp3) is 0.188. The van der Waals surface area contributed by atoms with Gasteiger partial charge in [0.15, 0.2) is 0 Å². The van der Waals surface area contributed by atoms with Gasteiger partial charge in [-0.25, -0.2) is 13.6 Å².